The summed E-state index contributed by atoms with van der Waals surface area (Å²) in [7, 11) is 0. The summed E-state index contributed by atoms with van der Waals surface area (Å²) >= 11 is 0. The maximum atomic E-state index is 12.9. The Bertz CT molecular complexity index is 1470. The molecule has 4 aromatic rings. The second-order valence-corrected chi connectivity index (χ2v) is 10.3. The maximum absolute atomic E-state index is 12.9. The highest BCUT2D eigenvalue weighted by Crippen LogP contribution is 2.24. The van der Waals surface area contributed by atoms with Crippen LogP contribution in [0.5, 0.6) is 5.75 Å². The molecule has 3 heterocycles. The van der Waals surface area contributed by atoms with E-state index in [0.717, 1.165) is 30.8 Å². The number of benzene rings is 2. The average Bonchev–Trinajstić information content (AvgIpc) is 3.29. The number of halogens is 3. The topological polar surface area (TPSA) is 84.3 Å². The van der Waals surface area contributed by atoms with Crippen LogP contribution in [0.3, 0.4) is 0 Å². The van der Waals surface area contributed by atoms with Crippen LogP contribution in [0.2, 0.25) is 0 Å². The van der Waals surface area contributed by atoms with E-state index in [1.54, 1.807) is 24.4 Å². The van der Waals surface area contributed by atoms with Gasteiger partial charge in [-0.3, -0.25) is 4.79 Å². The highest BCUT2D eigenvalue weighted by atomic mass is 19.4. The molecule has 0 saturated carbocycles. The lowest BCUT2D eigenvalue weighted by atomic mass is 10.1. The third kappa shape index (κ3) is 7.35. The number of fused-ring (bicyclic) bond motifs is 1. The Morgan fingerprint density at radius 3 is 2.61 bits per heavy atom. The van der Waals surface area contributed by atoms with Gasteiger partial charge in [0.05, 0.1) is 12.6 Å². The minimum Gasteiger partial charge on any atom is -0.406 e. The van der Waals surface area contributed by atoms with Crippen LogP contribution in [-0.4, -0.2) is 52.5 Å². The van der Waals surface area contributed by atoms with E-state index in [9.17, 15) is 18.0 Å². The highest BCUT2D eigenvalue weighted by Gasteiger charge is 2.31. The predicted octanol–water partition coefficient (Wildman–Crippen LogP) is 4.99. The van der Waals surface area contributed by atoms with E-state index in [4.69, 9.17) is 0 Å². The third-order valence-electron chi connectivity index (χ3n) is 7.16. The average molecular weight is 567 g/mol. The molecular formula is C30H33F3N6O2. The molecular weight excluding hydrogens is 533 g/mol. The Labute approximate surface area is 236 Å². The number of hydrogen-bond acceptors (Lipinski definition) is 6. The molecule has 8 nitrogen and oxygen atoms in total. The summed E-state index contributed by atoms with van der Waals surface area (Å²) in [5, 5.41) is 6.53. The van der Waals surface area contributed by atoms with E-state index in [1.807, 2.05) is 17.6 Å². The van der Waals surface area contributed by atoms with E-state index in [-0.39, 0.29) is 24.1 Å². The number of amides is 1. The van der Waals surface area contributed by atoms with Crippen molar-refractivity contribution in [2.75, 3.05) is 24.5 Å². The zero-order chi connectivity index (χ0) is 29.0. The Morgan fingerprint density at radius 2 is 1.90 bits per heavy atom. The van der Waals surface area contributed by atoms with E-state index < -0.39 is 6.36 Å². The molecule has 1 saturated heterocycles. The summed E-state index contributed by atoms with van der Waals surface area (Å²) in [4.78, 5) is 24.4. The van der Waals surface area contributed by atoms with Crippen molar-refractivity contribution in [3.8, 4) is 5.75 Å². The fraction of sp³-hybridized carbons (Fsp3) is 0.367. The number of imidazole rings is 1. The quantitative estimate of drug-likeness (QED) is 0.297. The van der Waals surface area contributed by atoms with Crippen LogP contribution in [-0.2, 0) is 17.8 Å². The number of anilines is 1. The molecule has 1 aliphatic rings. The molecule has 0 spiro atoms. The minimum absolute atomic E-state index is 0.0993. The molecule has 11 heteroatoms. The summed E-state index contributed by atoms with van der Waals surface area (Å²) in [5.41, 5.74) is 4.29. The molecule has 2 aromatic carbocycles. The van der Waals surface area contributed by atoms with Crippen LogP contribution in [0.4, 0.5) is 18.9 Å². The number of piperazine rings is 1. The van der Waals surface area contributed by atoms with Crippen molar-refractivity contribution < 1.29 is 22.7 Å². The number of ether oxygens (including phenoxy) is 1. The van der Waals surface area contributed by atoms with Crippen LogP contribution in [0, 0.1) is 0 Å². The van der Waals surface area contributed by atoms with Gasteiger partial charge in [0, 0.05) is 50.4 Å². The molecule has 2 aromatic heterocycles. The molecule has 0 radical (unpaired) electrons. The predicted molar refractivity (Wildman–Crippen MR) is 151 cm³/mol. The summed E-state index contributed by atoms with van der Waals surface area (Å²) in [5.74, 6) is 0.290. The summed E-state index contributed by atoms with van der Waals surface area (Å²) < 4.78 is 43.4. The van der Waals surface area contributed by atoms with Gasteiger partial charge in [0.1, 0.15) is 17.1 Å². The van der Waals surface area contributed by atoms with Crippen molar-refractivity contribution in [1.29, 1.82) is 0 Å². The number of pyridine rings is 1. The number of carbonyl (C=O) groups excluding carboxylic acids is 1. The molecule has 0 aliphatic carbocycles. The summed E-state index contributed by atoms with van der Waals surface area (Å²) in [6.07, 6.45) is -2.48. The fourth-order valence-corrected chi connectivity index (χ4v) is 5.10. The molecule has 1 aliphatic heterocycles. The molecule has 1 fully saturated rings. The van der Waals surface area contributed by atoms with Gasteiger partial charge in [0.2, 0.25) is 5.91 Å². The summed E-state index contributed by atoms with van der Waals surface area (Å²) in [6.45, 7) is 7.37. The molecule has 1 amide bonds. The Hall–Kier alpha value is -4.12. The first-order valence-corrected chi connectivity index (χ1v) is 13.7. The van der Waals surface area contributed by atoms with Gasteiger partial charge in [-0.25, -0.2) is 9.97 Å². The van der Waals surface area contributed by atoms with Crippen molar-refractivity contribution in [2.45, 2.75) is 51.7 Å². The van der Waals surface area contributed by atoms with Crippen LogP contribution in [0.1, 0.15) is 43.3 Å². The molecule has 5 rings (SSSR count). The first kappa shape index (κ1) is 28.4. The van der Waals surface area contributed by atoms with Crippen molar-refractivity contribution >= 4 is 22.8 Å². The van der Waals surface area contributed by atoms with Gasteiger partial charge in [-0.05, 0) is 61.4 Å². The van der Waals surface area contributed by atoms with Gasteiger partial charge < -0.3 is 24.8 Å². The minimum atomic E-state index is -4.75. The molecule has 216 valence electrons. The Kier molecular flexibility index (Phi) is 8.44. The highest BCUT2D eigenvalue weighted by molar-refractivity contribution is 5.77. The first-order chi connectivity index (χ1) is 19.6. The number of rotatable bonds is 9. The second kappa shape index (κ2) is 12.2. The largest absolute Gasteiger partial charge is 0.573 e. The lowest BCUT2D eigenvalue weighted by Gasteiger charge is -2.33. The van der Waals surface area contributed by atoms with Gasteiger partial charge in [-0.2, -0.15) is 0 Å². The van der Waals surface area contributed by atoms with Crippen molar-refractivity contribution in [2.24, 2.45) is 0 Å². The number of carbonyl (C=O) groups is 1. The van der Waals surface area contributed by atoms with E-state index in [1.165, 1.54) is 17.8 Å². The van der Waals surface area contributed by atoms with Crippen molar-refractivity contribution in [3.63, 3.8) is 0 Å². The Morgan fingerprint density at radius 1 is 1.15 bits per heavy atom. The van der Waals surface area contributed by atoms with Gasteiger partial charge in [0.25, 0.3) is 0 Å². The van der Waals surface area contributed by atoms with Gasteiger partial charge >= 0.3 is 6.36 Å². The van der Waals surface area contributed by atoms with E-state index in [0.29, 0.717) is 36.0 Å². The van der Waals surface area contributed by atoms with E-state index >= 15 is 0 Å². The van der Waals surface area contributed by atoms with Crippen LogP contribution in [0.15, 0.2) is 66.9 Å². The van der Waals surface area contributed by atoms with Crippen LogP contribution < -0.4 is 20.3 Å². The SMILES string of the molecule is CC(NC(=O)CCc1nc2cccnc2n1Cc1ccc(OC(F)(F)F)cc1)c1ccc(N2CCN[C@H](C)C2)cc1. The molecule has 2 atom stereocenters. The van der Waals surface area contributed by atoms with Crippen LogP contribution >= 0.6 is 0 Å². The fourth-order valence-electron chi connectivity index (χ4n) is 5.10. The van der Waals surface area contributed by atoms with Crippen LogP contribution in [0.25, 0.3) is 11.2 Å². The number of nitrogens with zero attached hydrogens (tertiary/aromatic N) is 4. The number of hydrogen-bond donors (Lipinski definition) is 2. The number of aryl methyl sites for hydroxylation is 1. The maximum Gasteiger partial charge on any atom is 0.573 e. The summed E-state index contributed by atoms with van der Waals surface area (Å²) in [6, 6.07) is 17.9. The molecule has 2 N–H and O–H groups in total. The third-order valence-corrected chi connectivity index (χ3v) is 7.16. The zero-order valence-corrected chi connectivity index (χ0v) is 23.0. The molecule has 0 bridgehead atoms. The van der Waals surface area contributed by atoms with Crippen molar-refractivity contribution in [3.05, 3.63) is 83.8 Å². The number of nitrogens with one attached hydrogen (secondary N) is 2. The standard InChI is InChI=1S/C30H33F3N6O2/c1-20-18-38(17-16-34-20)24-9-7-23(8-10-24)21(2)36-28(40)14-13-27-37-26-4-3-15-35-29(26)39(27)19-22-5-11-25(12-6-22)41-30(31,32)33/h3-12,15,20-21,34H,13-14,16-19H2,1-2H3,(H,36,40)/t20-,21?/m1/s1. The molecule has 41 heavy (non-hydrogen) atoms. The first-order valence-electron chi connectivity index (χ1n) is 13.7. The molecule has 1 unspecified atom stereocenters. The van der Waals surface area contributed by atoms with Gasteiger partial charge in [0.15, 0.2) is 5.65 Å². The Balaban J connectivity index is 1.22. The second-order valence-electron chi connectivity index (χ2n) is 10.3. The normalized spacial score (nSPS) is 16.5. The van der Waals surface area contributed by atoms with Gasteiger partial charge in [-0.15, -0.1) is 13.2 Å². The lowest BCUT2D eigenvalue weighted by molar-refractivity contribution is -0.274. The smallest absolute Gasteiger partial charge is 0.406 e. The van der Waals surface area contributed by atoms with Crippen molar-refractivity contribution in [1.82, 2.24) is 25.2 Å². The van der Waals surface area contributed by atoms with E-state index in [2.05, 4.69) is 61.4 Å². The lowest BCUT2D eigenvalue weighted by Crippen LogP contribution is -2.49. The zero-order valence-electron chi connectivity index (χ0n) is 23.0. The number of alkyl halides is 3. The monoisotopic (exact) mass is 566 g/mol. The number of aromatic nitrogens is 3. The van der Waals surface area contributed by atoms with Gasteiger partial charge in [-0.1, -0.05) is 24.3 Å².